The molecule has 3 aromatic rings. The van der Waals surface area contributed by atoms with Crippen molar-refractivity contribution in [1.82, 2.24) is 20.3 Å². The highest BCUT2D eigenvalue weighted by atomic mass is 16.5. The van der Waals surface area contributed by atoms with Crippen molar-refractivity contribution in [3.8, 4) is 17.0 Å². The maximum atomic E-state index is 13.2. The van der Waals surface area contributed by atoms with Gasteiger partial charge in [-0.1, -0.05) is 20.8 Å². The van der Waals surface area contributed by atoms with E-state index in [1.165, 1.54) is 49.7 Å². The standard InChI is InChI=1S/C26H29N7O6/c1-26(2,3)18(12-34)32-23(35)17-9-6-15(21(31-17)25(37)38)14-7-10-19(39-4)33-20(14)24(36)30-13-5-8-16(22(27)28)29-11-13/h5-11,18,34H,12H2,1-4H3,(H3,27,28)(H,30,36)(H,32,35)(H,37,38). The molecular formula is C26H29N7O6. The van der Waals surface area contributed by atoms with Crippen molar-refractivity contribution in [2.75, 3.05) is 19.0 Å². The summed E-state index contributed by atoms with van der Waals surface area (Å²) in [5.74, 6) is -2.92. The first kappa shape index (κ1) is 28.7. The van der Waals surface area contributed by atoms with E-state index in [2.05, 4.69) is 25.6 Å². The topological polar surface area (TPSA) is 214 Å². The molecule has 1 unspecified atom stereocenters. The quantitative estimate of drug-likeness (QED) is 0.173. The van der Waals surface area contributed by atoms with Gasteiger partial charge in [-0.15, -0.1) is 0 Å². The van der Waals surface area contributed by atoms with Crippen molar-refractivity contribution in [3.05, 3.63) is 65.4 Å². The van der Waals surface area contributed by atoms with Gasteiger partial charge in [0.15, 0.2) is 5.69 Å². The fourth-order valence-corrected chi connectivity index (χ4v) is 3.50. The van der Waals surface area contributed by atoms with Crippen molar-refractivity contribution in [3.63, 3.8) is 0 Å². The Morgan fingerprint density at radius 3 is 2.18 bits per heavy atom. The number of carboxylic acids is 1. The number of nitrogens with two attached hydrogens (primary N) is 1. The third-order valence-electron chi connectivity index (χ3n) is 5.75. The lowest BCUT2D eigenvalue weighted by Crippen LogP contribution is -2.46. The second kappa shape index (κ2) is 11.6. The second-order valence-corrected chi connectivity index (χ2v) is 9.52. The Labute approximate surface area is 224 Å². The van der Waals surface area contributed by atoms with Crippen LogP contribution in [0.25, 0.3) is 11.1 Å². The summed E-state index contributed by atoms with van der Waals surface area (Å²) in [6, 6.07) is 7.95. The Bertz CT molecular complexity index is 1420. The maximum Gasteiger partial charge on any atom is 0.355 e. The Morgan fingerprint density at radius 1 is 1.00 bits per heavy atom. The molecule has 3 aromatic heterocycles. The van der Waals surface area contributed by atoms with Gasteiger partial charge >= 0.3 is 5.97 Å². The monoisotopic (exact) mass is 535 g/mol. The minimum Gasteiger partial charge on any atom is -0.481 e. The predicted octanol–water partition coefficient (Wildman–Crippen LogP) is 1.92. The number of aliphatic hydroxyl groups is 1. The van der Waals surface area contributed by atoms with Crippen molar-refractivity contribution in [1.29, 1.82) is 5.41 Å². The Hall–Kier alpha value is -4.91. The normalized spacial score (nSPS) is 11.8. The summed E-state index contributed by atoms with van der Waals surface area (Å²) in [6.45, 7) is 5.20. The lowest BCUT2D eigenvalue weighted by molar-refractivity contribution is 0.0690. The second-order valence-electron chi connectivity index (χ2n) is 9.52. The van der Waals surface area contributed by atoms with Crippen LogP contribution in [-0.2, 0) is 0 Å². The molecule has 2 amide bonds. The van der Waals surface area contributed by atoms with Gasteiger partial charge in [-0.05, 0) is 35.7 Å². The molecule has 0 bridgehead atoms. The van der Waals surface area contributed by atoms with Crippen LogP contribution < -0.4 is 21.1 Å². The number of aromatic nitrogens is 3. The number of nitrogen functional groups attached to an aromatic ring is 1. The molecule has 0 radical (unpaired) electrons. The van der Waals surface area contributed by atoms with Gasteiger partial charge in [-0.3, -0.25) is 20.0 Å². The number of pyridine rings is 3. The number of amides is 2. The van der Waals surface area contributed by atoms with Crippen molar-refractivity contribution in [2.24, 2.45) is 11.1 Å². The number of hydrogen-bond acceptors (Lipinski definition) is 9. The highest BCUT2D eigenvalue weighted by Crippen LogP contribution is 2.29. The van der Waals surface area contributed by atoms with E-state index in [1.54, 1.807) is 0 Å². The first-order valence-corrected chi connectivity index (χ1v) is 11.7. The molecule has 0 aliphatic rings. The molecule has 0 aliphatic heterocycles. The zero-order chi connectivity index (χ0) is 28.9. The van der Waals surface area contributed by atoms with Crippen LogP contribution in [0.4, 0.5) is 5.69 Å². The summed E-state index contributed by atoms with van der Waals surface area (Å²) in [6.07, 6.45) is 1.31. The number of carbonyl (C=O) groups is 3. The van der Waals surface area contributed by atoms with E-state index < -0.39 is 34.9 Å². The molecule has 0 aromatic carbocycles. The Balaban J connectivity index is 2.02. The molecule has 7 N–H and O–H groups in total. The SMILES string of the molecule is COc1ccc(-c2ccc(C(=O)NC(CO)C(C)(C)C)nc2C(=O)O)c(C(=O)Nc2ccc(C(=N)N)nc2)n1. The van der Waals surface area contributed by atoms with Gasteiger partial charge < -0.3 is 31.3 Å². The van der Waals surface area contributed by atoms with Crippen LogP contribution in [0.3, 0.4) is 0 Å². The van der Waals surface area contributed by atoms with Crippen molar-refractivity contribution >= 4 is 29.3 Å². The molecule has 3 heterocycles. The molecule has 39 heavy (non-hydrogen) atoms. The zero-order valence-corrected chi connectivity index (χ0v) is 21.8. The van der Waals surface area contributed by atoms with Crippen LogP contribution in [0.5, 0.6) is 5.88 Å². The minimum absolute atomic E-state index is 0.0407. The van der Waals surface area contributed by atoms with E-state index in [0.29, 0.717) is 0 Å². The molecule has 0 saturated carbocycles. The smallest absolute Gasteiger partial charge is 0.355 e. The minimum atomic E-state index is -1.43. The van der Waals surface area contributed by atoms with Crippen molar-refractivity contribution in [2.45, 2.75) is 26.8 Å². The number of carboxylic acid groups (broad SMARTS) is 1. The highest BCUT2D eigenvalue weighted by molar-refractivity contribution is 6.09. The number of ether oxygens (including phenoxy) is 1. The first-order valence-electron chi connectivity index (χ1n) is 11.7. The van der Waals surface area contributed by atoms with Crippen LogP contribution in [-0.4, -0.2) is 68.5 Å². The number of nitrogens with zero attached hydrogens (tertiary/aromatic N) is 3. The number of rotatable bonds is 9. The number of anilines is 1. The molecular weight excluding hydrogens is 506 g/mol. The molecule has 13 heteroatoms. The zero-order valence-electron chi connectivity index (χ0n) is 21.8. The highest BCUT2D eigenvalue weighted by Gasteiger charge is 2.28. The van der Waals surface area contributed by atoms with Gasteiger partial charge in [-0.25, -0.2) is 14.8 Å². The summed E-state index contributed by atoms with van der Waals surface area (Å²) in [5.41, 5.74) is 4.80. The summed E-state index contributed by atoms with van der Waals surface area (Å²) in [5, 5.41) is 32.3. The van der Waals surface area contributed by atoms with Crippen LogP contribution in [0.15, 0.2) is 42.6 Å². The van der Waals surface area contributed by atoms with Crippen LogP contribution in [0, 0.1) is 10.8 Å². The number of aromatic carboxylic acids is 1. The first-order chi connectivity index (χ1) is 18.3. The summed E-state index contributed by atoms with van der Waals surface area (Å²) in [4.78, 5) is 50.5. The summed E-state index contributed by atoms with van der Waals surface area (Å²) >= 11 is 0. The molecule has 204 valence electrons. The van der Waals surface area contributed by atoms with Crippen LogP contribution in [0.2, 0.25) is 0 Å². The largest absolute Gasteiger partial charge is 0.481 e. The van der Waals surface area contributed by atoms with E-state index >= 15 is 0 Å². The number of nitrogens with one attached hydrogen (secondary N) is 3. The van der Waals surface area contributed by atoms with E-state index in [1.807, 2.05) is 20.8 Å². The number of aliphatic hydroxyl groups excluding tert-OH is 1. The van der Waals surface area contributed by atoms with Crippen molar-refractivity contribution < 1.29 is 29.3 Å². The van der Waals surface area contributed by atoms with Gasteiger partial charge in [0.2, 0.25) is 5.88 Å². The van der Waals surface area contributed by atoms with Gasteiger partial charge in [0.1, 0.15) is 22.9 Å². The van der Waals surface area contributed by atoms with E-state index in [4.69, 9.17) is 15.9 Å². The third kappa shape index (κ3) is 6.70. The van der Waals surface area contributed by atoms with Crippen LogP contribution in [0.1, 0.15) is 57.9 Å². The average molecular weight is 536 g/mol. The van der Waals surface area contributed by atoms with Gasteiger partial charge in [0.05, 0.1) is 31.6 Å². The molecule has 0 spiro atoms. The Morgan fingerprint density at radius 2 is 1.64 bits per heavy atom. The van der Waals surface area contributed by atoms with E-state index in [0.717, 1.165) is 0 Å². The number of hydrogen-bond donors (Lipinski definition) is 6. The molecule has 0 aliphatic carbocycles. The molecule has 3 rings (SSSR count). The lowest BCUT2D eigenvalue weighted by atomic mass is 9.87. The van der Waals surface area contributed by atoms with Gasteiger partial charge in [0, 0.05) is 17.2 Å². The number of carbonyl (C=O) groups excluding carboxylic acids is 2. The molecule has 0 fully saturated rings. The number of methoxy groups -OCH3 is 1. The van der Waals surface area contributed by atoms with E-state index in [-0.39, 0.29) is 52.2 Å². The average Bonchev–Trinajstić information content (AvgIpc) is 2.90. The molecule has 0 saturated heterocycles. The van der Waals surface area contributed by atoms with Gasteiger partial charge in [0.25, 0.3) is 11.8 Å². The maximum absolute atomic E-state index is 13.2. The summed E-state index contributed by atoms with van der Waals surface area (Å²) in [7, 11) is 1.36. The number of amidine groups is 1. The lowest BCUT2D eigenvalue weighted by Gasteiger charge is -2.29. The summed E-state index contributed by atoms with van der Waals surface area (Å²) < 4.78 is 5.15. The molecule has 1 atom stereocenters. The van der Waals surface area contributed by atoms with E-state index in [9.17, 15) is 24.6 Å². The predicted molar refractivity (Wildman–Crippen MR) is 142 cm³/mol. The van der Waals surface area contributed by atoms with Crippen LogP contribution >= 0.6 is 0 Å². The Kier molecular flexibility index (Phi) is 8.56. The molecule has 13 nitrogen and oxygen atoms in total. The van der Waals surface area contributed by atoms with Gasteiger partial charge in [-0.2, -0.15) is 0 Å². The fourth-order valence-electron chi connectivity index (χ4n) is 3.50. The fraction of sp³-hybridized carbons (Fsp3) is 0.269. The third-order valence-corrected chi connectivity index (χ3v) is 5.75.